The smallest absolute Gasteiger partial charge is 0.143 e. The number of hydrogen-bond acceptors (Lipinski definition) is 2. The number of fused-ring (bicyclic) bond motifs is 7. The molecule has 2 heterocycles. The zero-order chi connectivity index (χ0) is 36.3. The lowest BCUT2D eigenvalue weighted by atomic mass is 9.96. The van der Waals surface area contributed by atoms with Crippen molar-refractivity contribution in [2.24, 2.45) is 0 Å². The first-order valence-electron chi connectivity index (χ1n) is 18.8. The Balaban J connectivity index is 1.19. The van der Waals surface area contributed by atoms with Crippen molar-refractivity contribution in [1.82, 2.24) is 4.57 Å². The summed E-state index contributed by atoms with van der Waals surface area (Å²) in [5.41, 5.74) is 13.1. The lowest BCUT2D eigenvalue weighted by molar-refractivity contribution is 0.670. The van der Waals surface area contributed by atoms with E-state index in [-0.39, 0.29) is 0 Å². The Morgan fingerprint density at radius 1 is 0.364 bits per heavy atom. The summed E-state index contributed by atoms with van der Waals surface area (Å²) in [5, 5.41) is 7.08. The molecule has 9 aromatic carbocycles. The Labute approximate surface area is 318 Å². The molecule has 0 saturated heterocycles. The first-order valence-corrected chi connectivity index (χ1v) is 18.8. The van der Waals surface area contributed by atoms with E-state index >= 15 is 0 Å². The summed E-state index contributed by atoms with van der Waals surface area (Å²) >= 11 is 0. The maximum absolute atomic E-state index is 6.59. The second-order valence-electron chi connectivity index (χ2n) is 14.0. The molecule has 55 heavy (non-hydrogen) atoms. The van der Waals surface area contributed by atoms with E-state index in [9.17, 15) is 0 Å². The van der Waals surface area contributed by atoms with Gasteiger partial charge < -0.3 is 13.9 Å². The van der Waals surface area contributed by atoms with Crippen molar-refractivity contribution in [2.75, 3.05) is 4.90 Å². The Bertz CT molecular complexity index is 3220. The van der Waals surface area contributed by atoms with Gasteiger partial charge in [0.25, 0.3) is 0 Å². The van der Waals surface area contributed by atoms with Crippen LogP contribution in [0.15, 0.2) is 211 Å². The standard InChI is InChI=1S/C52H34N2O/c1-2-19-36(20-3-1)53(45-29-10-6-22-39(45)38-26-14-18-35-17-4-5-21-37(35)38)48-32-16-33-49-51(48)44-25-8-12-31-47(44)54(49)46-30-11-7-23-40(46)42-27-15-28-43-41-24-9-13-34-50(41)55-52(42)43/h1-34H. The zero-order valence-corrected chi connectivity index (χ0v) is 29.9. The molecule has 0 aliphatic carbocycles. The summed E-state index contributed by atoms with van der Waals surface area (Å²) in [7, 11) is 0. The quantitative estimate of drug-likeness (QED) is 0.172. The molecule has 0 radical (unpaired) electrons. The van der Waals surface area contributed by atoms with Crippen LogP contribution in [0.5, 0.6) is 0 Å². The molecule has 0 N–H and O–H groups in total. The van der Waals surface area contributed by atoms with E-state index in [2.05, 4.69) is 210 Å². The van der Waals surface area contributed by atoms with E-state index < -0.39 is 0 Å². The van der Waals surface area contributed by atoms with Gasteiger partial charge in [-0.15, -0.1) is 0 Å². The fourth-order valence-corrected chi connectivity index (χ4v) is 8.64. The molecular formula is C52H34N2O. The fourth-order valence-electron chi connectivity index (χ4n) is 8.64. The zero-order valence-electron chi connectivity index (χ0n) is 29.9. The van der Waals surface area contributed by atoms with E-state index in [0.29, 0.717) is 0 Å². The van der Waals surface area contributed by atoms with E-state index in [1.807, 2.05) is 6.07 Å². The van der Waals surface area contributed by atoms with Gasteiger partial charge in [-0.1, -0.05) is 158 Å². The molecule has 0 bridgehead atoms. The Morgan fingerprint density at radius 3 is 1.85 bits per heavy atom. The van der Waals surface area contributed by atoms with Gasteiger partial charge in [-0.3, -0.25) is 0 Å². The number of furan rings is 1. The minimum Gasteiger partial charge on any atom is -0.455 e. The predicted octanol–water partition coefficient (Wildman–Crippen LogP) is 14.6. The Hall–Kier alpha value is -7.36. The summed E-state index contributed by atoms with van der Waals surface area (Å²) in [6.07, 6.45) is 0. The normalized spacial score (nSPS) is 11.6. The highest BCUT2D eigenvalue weighted by Crippen LogP contribution is 2.48. The molecule has 0 saturated carbocycles. The van der Waals surface area contributed by atoms with Gasteiger partial charge in [0.1, 0.15) is 11.2 Å². The third-order valence-electron chi connectivity index (χ3n) is 11.0. The van der Waals surface area contributed by atoms with Crippen LogP contribution in [0.2, 0.25) is 0 Å². The average Bonchev–Trinajstić information content (AvgIpc) is 3.81. The molecule has 0 unspecified atom stereocenters. The molecule has 2 aromatic heterocycles. The van der Waals surface area contributed by atoms with Crippen molar-refractivity contribution in [3.63, 3.8) is 0 Å². The molecule has 3 nitrogen and oxygen atoms in total. The van der Waals surface area contributed by atoms with Crippen molar-refractivity contribution in [2.45, 2.75) is 0 Å². The van der Waals surface area contributed by atoms with Gasteiger partial charge in [-0.05, 0) is 64.9 Å². The molecule has 0 fully saturated rings. The monoisotopic (exact) mass is 702 g/mol. The fraction of sp³-hybridized carbons (Fsp3) is 0. The van der Waals surface area contributed by atoms with Gasteiger partial charge >= 0.3 is 0 Å². The molecule has 11 aromatic rings. The largest absolute Gasteiger partial charge is 0.455 e. The van der Waals surface area contributed by atoms with Crippen LogP contribution in [0.3, 0.4) is 0 Å². The number of nitrogens with zero attached hydrogens (tertiary/aromatic N) is 2. The summed E-state index contributed by atoms with van der Waals surface area (Å²) in [6, 6.07) is 73.9. The van der Waals surface area contributed by atoms with Crippen LogP contribution in [0.4, 0.5) is 17.1 Å². The SMILES string of the molecule is c1ccc(N(c2ccccc2-c2cccc3ccccc23)c2cccc3c2c2ccccc2n3-c2ccccc2-c2cccc3c2oc2ccccc23)cc1. The van der Waals surface area contributed by atoms with Gasteiger partial charge in [0, 0.05) is 43.9 Å². The molecule has 258 valence electrons. The lowest BCUT2D eigenvalue weighted by Crippen LogP contribution is -2.11. The summed E-state index contributed by atoms with van der Waals surface area (Å²) in [4.78, 5) is 2.44. The highest BCUT2D eigenvalue weighted by molar-refractivity contribution is 6.18. The van der Waals surface area contributed by atoms with Crippen LogP contribution < -0.4 is 4.90 Å². The van der Waals surface area contributed by atoms with Gasteiger partial charge in [0.05, 0.1) is 28.1 Å². The molecular weight excluding hydrogens is 669 g/mol. The van der Waals surface area contributed by atoms with Gasteiger partial charge in [-0.2, -0.15) is 0 Å². The van der Waals surface area contributed by atoms with Crippen LogP contribution in [0, 0.1) is 0 Å². The van der Waals surface area contributed by atoms with Crippen LogP contribution >= 0.6 is 0 Å². The molecule has 0 atom stereocenters. The van der Waals surface area contributed by atoms with Gasteiger partial charge in [0.2, 0.25) is 0 Å². The highest BCUT2D eigenvalue weighted by Gasteiger charge is 2.24. The number of para-hydroxylation sites is 6. The van der Waals surface area contributed by atoms with E-state index in [1.165, 1.54) is 32.7 Å². The maximum Gasteiger partial charge on any atom is 0.143 e. The van der Waals surface area contributed by atoms with E-state index in [1.54, 1.807) is 0 Å². The lowest BCUT2D eigenvalue weighted by Gasteiger charge is -2.29. The third kappa shape index (κ3) is 4.91. The van der Waals surface area contributed by atoms with Crippen LogP contribution in [0.25, 0.3) is 82.5 Å². The van der Waals surface area contributed by atoms with Crippen LogP contribution in [0.1, 0.15) is 0 Å². The first kappa shape index (κ1) is 31.2. The molecule has 0 amide bonds. The van der Waals surface area contributed by atoms with Crippen molar-refractivity contribution in [1.29, 1.82) is 0 Å². The van der Waals surface area contributed by atoms with Crippen molar-refractivity contribution in [3.8, 4) is 27.9 Å². The van der Waals surface area contributed by atoms with Crippen molar-refractivity contribution >= 4 is 71.6 Å². The maximum atomic E-state index is 6.59. The van der Waals surface area contributed by atoms with E-state index in [4.69, 9.17) is 4.42 Å². The number of anilines is 3. The summed E-state index contributed by atoms with van der Waals surface area (Å²) in [6.45, 7) is 0. The second-order valence-corrected chi connectivity index (χ2v) is 14.0. The van der Waals surface area contributed by atoms with Crippen LogP contribution in [-0.4, -0.2) is 4.57 Å². The van der Waals surface area contributed by atoms with Gasteiger partial charge in [-0.25, -0.2) is 0 Å². The van der Waals surface area contributed by atoms with Crippen LogP contribution in [-0.2, 0) is 0 Å². The summed E-state index contributed by atoms with van der Waals surface area (Å²) in [5.74, 6) is 0. The third-order valence-corrected chi connectivity index (χ3v) is 11.0. The molecule has 11 rings (SSSR count). The highest BCUT2D eigenvalue weighted by atomic mass is 16.3. The minimum absolute atomic E-state index is 0.897. The van der Waals surface area contributed by atoms with Crippen molar-refractivity contribution in [3.05, 3.63) is 206 Å². The molecule has 0 spiro atoms. The van der Waals surface area contributed by atoms with Gasteiger partial charge in [0.15, 0.2) is 0 Å². The number of hydrogen-bond donors (Lipinski definition) is 0. The van der Waals surface area contributed by atoms with E-state index in [0.717, 1.165) is 66.8 Å². The van der Waals surface area contributed by atoms with Crippen molar-refractivity contribution < 1.29 is 4.42 Å². The Morgan fingerprint density at radius 2 is 0.945 bits per heavy atom. The predicted molar refractivity (Wildman–Crippen MR) is 231 cm³/mol. The number of rotatable bonds is 6. The Kier molecular flexibility index (Phi) is 7.17. The number of aromatic nitrogens is 1. The topological polar surface area (TPSA) is 21.3 Å². The molecule has 3 heteroatoms. The molecule has 0 aliphatic heterocycles. The molecule has 0 aliphatic rings. The number of benzene rings is 9. The minimum atomic E-state index is 0.897. The second kappa shape index (κ2) is 12.6. The average molecular weight is 703 g/mol. The first-order chi connectivity index (χ1) is 27.3. The summed E-state index contributed by atoms with van der Waals surface area (Å²) < 4.78 is 9.03.